The van der Waals surface area contributed by atoms with E-state index >= 15 is 0 Å². The SMILES string of the molecule is Cc1[nH]c2ccccc2c1C=Nc1ccccc1C(F)(F)F. The Morgan fingerprint density at radius 2 is 1.68 bits per heavy atom. The lowest BCUT2D eigenvalue weighted by atomic mass is 10.1. The van der Waals surface area contributed by atoms with E-state index in [1.54, 1.807) is 6.07 Å². The van der Waals surface area contributed by atoms with Crippen molar-refractivity contribution in [1.82, 2.24) is 4.98 Å². The van der Waals surface area contributed by atoms with Crippen LogP contribution in [0.2, 0.25) is 0 Å². The summed E-state index contributed by atoms with van der Waals surface area (Å²) >= 11 is 0. The summed E-state index contributed by atoms with van der Waals surface area (Å²) in [5.74, 6) is 0. The van der Waals surface area contributed by atoms with E-state index in [4.69, 9.17) is 0 Å². The number of aliphatic imine (C=N–C) groups is 1. The van der Waals surface area contributed by atoms with E-state index in [0.29, 0.717) is 0 Å². The van der Waals surface area contributed by atoms with Crippen molar-refractivity contribution in [1.29, 1.82) is 0 Å². The molecular formula is C17H13F3N2. The Bertz CT molecular complexity index is 844. The molecule has 0 saturated heterocycles. The van der Waals surface area contributed by atoms with Crippen LogP contribution in [0.1, 0.15) is 16.8 Å². The molecule has 1 N–H and O–H groups in total. The second-order valence-electron chi connectivity index (χ2n) is 4.98. The van der Waals surface area contributed by atoms with Crippen LogP contribution in [-0.4, -0.2) is 11.2 Å². The van der Waals surface area contributed by atoms with Gasteiger partial charge in [-0.15, -0.1) is 0 Å². The van der Waals surface area contributed by atoms with Crippen LogP contribution in [-0.2, 0) is 6.18 Å². The zero-order valence-corrected chi connectivity index (χ0v) is 11.8. The van der Waals surface area contributed by atoms with E-state index in [1.165, 1.54) is 18.3 Å². The van der Waals surface area contributed by atoms with Crippen molar-refractivity contribution in [2.75, 3.05) is 0 Å². The van der Waals surface area contributed by atoms with Gasteiger partial charge in [0.05, 0.1) is 11.3 Å². The van der Waals surface area contributed by atoms with Gasteiger partial charge in [0.15, 0.2) is 0 Å². The van der Waals surface area contributed by atoms with Crippen molar-refractivity contribution < 1.29 is 13.2 Å². The fourth-order valence-electron chi connectivity index (χ4n) is 2.42. The first-order valence-corrected chi connectivity index (χ1v) is 6.74. The number of para-hydroxylation sites is 2. The standard InChI is InChI=1S/C17H13F3N2/c1-11-13(12-6-2-4-8-15(12)22-11)10-21-16-9-5-3-7-14(16)17(18,19)20/h2-10,22H,1H3. The van der Waals surface area contributed by atoms with Gasteiger partial charge in [-0.05, 0) is 25.1 Å². The van der Waals surface area contributed by atoms with Gasteiger partial charge in [-0.25, -0.2) is 0 Å². The minimum absolute atomic E-state index is 0.0836. The maximum atomic E-state index is 13.0. The molecule has 0 aliphatic heterocycles. The molecule has 0 bridgehead atoms. The molecule has 1 heterocycles. The maximum absolute atomic E-state index is 13.0. The van der Waals surface area contributed by atoms with Gasteiger partial charge in [-0.2, -0.15) is 13.2 Å². The van der Waals surface area contributed by atoms with Crippen molar-refractivity contribution in [3.05, 3.63) is 65.4 Å². The summed E-state index contributed by atoms with van der Waals surface area (Å²) in [4.78, 5) is 7.26. The van der Waals surface area contributed by atoms with E-state index in [2.05, 4.69) is 9.98 Å². The summed E-state index contributed by atoms with van der Waals surface area (Å²) in [5, 5.41) is 0.938. The molecule has 3 rings (SSSR count). The number of aromatic amines is 1. The monoisotopic (exact) mass is 302 g/mol. The minimum atomic E-state index is -4.41. The Kier molecular flexibility index (Phi) is 3.48. The Hall–Kier alpha value is -2.56. The molecule has 2 nitrogen and oxygen atoms in total. The fraction of sp³-hybridized carbons (Fsp3) is 0.118. The summed E-state index contributed by atoms with van der Waals surface area (Å²) in [6, 6.07) is 12.9. The minimum Gasteiger partial charge on any atom is -0.358 e. The van der Waals surface area contributed by atoms with Gasteiger partial charge >= 0.3 is 6.18 Å². The Balaban J connectivity index is 2.06. The molecule has 112 valence electrons. The van der Waals surface area contributed by atoms with Crippen molar-refractivity contribution >= 4 is 22.8 Å². The van der Waals surface area contributed by atoms with Crippen molar-refractivity contribution in [3.63, 3.8) is 0 Å². The number of aromatic nitrogens is 1. The third kappa shape index (κ3) is 2.62. The Labute approximate surface area is 125 Å². The first kappa shape index (κ1) is 14.4. The molecule has 0 amide bonds. The lowest BCUT2D eigenvalue weighted by Crippen LogP contribution is -2.04. The highest BCUT2D eigenvalue weighted by Gasteiger charge is 2.33. The first-order valence-electron chi connectivity index (χ1n) is 6.74. The average Bonchev–Trinajstić information content (AvgIpc) is 2.80. The quantitative estimate of drug-likeness (QED) is 0.627. The average molecular weight is 302 g/mol. The topological polar surface area (TPSA) is 28.1 Å². The smallest absolute Gasteiger partial charge is 0.358 e. The molecule has 0 radical (unpaired) electrons. The van der Waals surface area contributed by atoms with Crippen molar-refractivity contribution in [2.24, 2.45) is 4.99 Å². The van der Waals surface area contributed by atoms with Crippen LogP contribution in [0.5, 0.6) is 0 Å². The molecule has 0 aliphatic rings. The van der Waals surface area contributed by atoms with Gasteiger partial charge in [-0.3, -0.25) is 4.99 Å². The molecule has 0 saturated carbocycles. The van der Waals surface area contributed by atoms with E-state index in [9.17, 15) is 13.2 Å². The van der Waals surface area contributed by atoms with E-state index in [-0.39, 0.29) is 5.69 Å². The second kappa shape index (κ2) is 5.33. The summed E-state index contributed by atoms with van der Waals surface area (Å²) in [6.07, 6.45) is -2.93. The molecule has 5 heteroatoms. The molecule has 0 spiro atoms. The summed E-state index contributed by atoms with van der Waals surface area (Å²) in [7, 11) is 0. The Morgan fingerprint density at radius 1 is 1.00 bits per heavy atom. The number of halogens is 3. The number of nitrogens with one attached hydrogen (secondary N) is 1. The fourth-order valence-corrected chi connectivity index (χ4v) is 2.42. The molecule has 2 aromatic carbocycles. The molecule has 0 aliphatic carbocycles. The molecule has 0 atom stereocenters. The van der Waals surface area contributed by atoms with Crippen LogP contribution in [0.15, 0.2) is 53.5 Å². The van der Waals surface area contributed by atoms with Gasteiger partial charge < -0.3 is 4.98 Å². The van der Waals surface area contributed by atoms with Gasteiger partial charge in [0.2, 0.25) is 0 Å². The third-order valence-electron chi connectivity index (χ3n) is 3.49. The predicted molar refractivity (Wildman–Crippen MR) is 81.7 cm³/mol. The molecule has 1 aromatic heterocycles. The van der Waals surface area contributed by atoms with Crippen molar-refractivity contribution in [2.45, 2.75) is 13.1 Å². The number of alkyl halides is 3. The molecule has 0 unspecified atom stereocenters. The van der Waals surface area contributed by atoms with E-state index in [0.717, 1.165) is 28.2 Å². The third-order valence-corrected chi connectivity index (χ3v) is 3.49. The first-order chi connectivity index (χ1) is 10.5. The predicted octanol–water partition coefficient (Wildman–Crippen LogP) is 5.25. The van der Waals surface area contributed by atoms with Crippen LogP contribution in [0, 0.1) is 6.92 Å². The number of fused-ring (bicyclic) bond motifs is 1. The Morgan fingerprint density at radius 3 is 2.45 bits per heavy atom. The molecule has 0 fully saturated rings. The lowest BCUT2D eigenvalue weighted by Gasteiger charge is -2.08. The zero-order chi connectivity index (χ0) is 15.7. The van der Waals surface area contributed by atoms with E-state index < -0.39 is 11.7 Å². The lowest BCUT2D eigenvalue weighted by molar-refractivity contribution is -0.137. The second-order valence-corrected chi connectivity index (χ2v) is 4.98. The van der Waals surface area contributed by atoms with Gasteiger partial charge in [-0.1, -0.05) is 30.3 Å². The summed E-state index contributed by atoms with van der Waals surface area (Å²) in [5.41, 5.74) is 1.79. The number of nitrogens with zero attached hydrogens (tertiary/aromatic N) is 1. The zero-order valence-electron chi connectivity index (χ0n) is 11.8. The molecule has 3 aromatic rings. The van der Waals surface area contributed by atoms with Gasteiger partial charge in [0.1, 0.15) is 0 Å². The number of H-pyrrole nitrogens is 1. The molecule has 22 heavy (non-hydrogen) atoms. The van der Waals surface area contributed by atoms with Crippen molar-refractivity contribution in [3.8, 4) is 0 Å². The summed E-state index contributed by atoms with van der Waals surface area (Å²) < 4.78 is 38.9. The highest BCUT2D eigenvalue weighted by Crippen LogP contribution is 2.36. The highest BCUT2D eigenvalue weighted by molar-refractivity contribution is 6.01. The summed E-state index contributed by atoms with van der Waals surface area (Å²) in [6.45, 7) is 1.87. The maximum Gasteiger partial charge on any atom is 0.418 e. The van der Waals surface area contributed by atoms with Gasteiger partial charge in [0, 0.05) is 28.4 Å². The number of hydrogen-bond acceptors (Lipinski definition) is 1. The van der Waals surface area contributed by atoms with E-state index in [1.807, 2.05) is 31.2 Å². The number of hydrogen-bond donors (Lipinski definition) is 1. The largest absolute Gasteiger partial charge is 0.418 e. The highest BCUT2D eigenvalue weighted by atomic mass is 19.4. The van der Waals surface area contributed by atoms with Crippen LogP contribution >= 0.6 is 0 Å². The van der Waals surface area contributed by atoms with Crippen LogP contribution in [0.4, 0.5) is 18.9 Å². The number of rotatable bonds is 2. The van der Waals surface area contributed by atoms with Crippen LogP contribution < -0.4 is 0 Å². The molecular weight excluding hydrogens is 289 g/mol. The normalized spacial score (nSPS) is 12.4. The number of benzene rings is 2. The van der Waals surface area contributed by atoms with Crippen LogP contribution in [0.3, 0.4) is 0 Å². The van der Waals surface area contributed by atoms with Crippen LogP contribution in [0.25, 0.3) is 10.9 Å². The number of aryl methyl sites for hydroxylation is 1. The van der Waals surface area contributed by atoms with Gasteiger partial charge in [0.25, 0.3) is 0 Å².